The Hall–Kier alpha value is -1.44. The van der Waals surface area contributed by atoms with Gasteiger partial charge in [-0.1, -0.05) is 11.8 Å². The second-order valence-corrected chi connectivity index (χ2v) is 6.10. The van der Waals surface area contributed by atoms with Gasteiger partial charge in [-0.25, -0.2) is 4.98 Å². The molecule has 2 aromatic rings. The molecule has 0 aliphatic rings. The highest BCUT2D eigenvalue weighted by Crippen LogP contribution is 2.29. The first-order chi connectivity index (χ1) is 9.67. The highest BCUT2D eigenvalue weighted by Gasteiger charge is 2.06. The summed E-state index contributed by atoms with van der Waals surface area (Å²) in [5, 5.41) is 2.74. The largest absolute Gasteiger partial charge is 0.384 e. The van der Waals surface area contributed by atoms with Gasteiger partial charge in [-0.05, 0) is 35.8 Å². The van der Waals surface area contributed by atoms with Gasteiger partial charge in [0.25, 0.3) is 0 Å². The molecule has 0 fully saturated rings. The maximum absolute atomic E-state index is 10.9. The van der Waals surface area contributed by atoms with Crippen LogP contribution in [0, 0.1) is 0 Å². The molecule has 1 heterocycles. The molecule has 1 amide bonds. The van der Waals surface area contributed by atoms with E-state index in [-0.39, 0.29) is 5.91 Å². The van der Waals surface area contributed by atoms with Crippen LogP contribution in [-0.4, -0.2) is 29.0 Å². The number of carbonyl (C=O) groups is 1. The SMILES string of the molecule is COCCc1nsc(Sc2ccc(NC(C)=O)cc2)n1. The number of aromatic nitrogens is 2. The molecule has 106 valence electrons. The summed E-state index contributed by atoms with van der Waals surface area (Å²) in [5.74, 6) is 0.742. The van der Waals surface area contributed by atoms with Gasteiger partial charge in [0.05, 0.1) is 6.61 Å². The van der Waals surface area contributed by atoms with Crippen LogP contribution in [0.3, 0.4) is 0 Å². The fourth-order valence-corrected chi connectivity index (χ4v) is 3.12. The molecule has 1 aromatic carbocycles. The normalized spacial score (nSPS) is 10.5. The Kier molecular flexibility index (Phi) is 5.51. The molecule has 0 aliphatic heterocycles. The maximum Gasteiger partial charge on any atom is 0.221 e. The molecule has 0 saturated heterocycles. The van der Waals surface area contributed by atoms with E-state index in [4.69, 9.17) is 4.74 Å². The molecule has 0 aliphatic carbocycles. The summed E-state index contributed by atoms with van der Waals surface area (Å²) in [6.07, 6.45) is 0.731. The van der Waals surface area contributed by atoms with E-state index >= 15 is 0 Å². The van der Waals surface area contributed by atoms with E-state index in [9.17, 15) is 4.79 Å². The van der Waals surface area contributed by atoms with Gasteiger partial charge < -0.3 is 10.1 Å². The van der Waals surface area contributed by atoms with Crippen LogP contribution in [0.15, 0.2) is 33.5 Å². The van der Waals surface area contributed by atoms with Crippen molar-refractivity contribution in [1.82, 2.24) is 9.36 Å². The number of rotatable bonds is 6. The van der Waals surface area contributed by atoms with Crippen molar-refractivity contribution in [3.05, 3.63) is 30.1 Å². The van der Waals surface area contributed by atoms with Crippen molar-refractivity contribution < 1.29 is 9.53 Å². The van der Waals surface area contributed by atoms with Gasteiger partial charge in [-0.15, -0.1) is 0 Å². The van der Waals surface area contributed by atoms with E-state index in [1.807, 2.05) is 24.3 Å². The van der Waals surface area contributed by atoms with Crippen LogP contribution < -0.4 is 5.32 Å². The topological polar surface area (TPSA) is 64.1 Å². The van der Waals surface area contributed by atoms with Crippen molar-refractivity contribution in [2.45, 2.75) is 22.6 Å². The van der Waals surface area contributed by atoms with Gasteiger partial charge in [-0.3, -0.25) is 4.79 Å². The van der Waals surface area contributed by atoms with E-state index in [0.29, 0.717) is 6.61 Å². The van der Waals surface area contributed by atoms with Crippen LogP contribution in [0.4, 0.5) is 5.69 Å². The third-order valence-corrected chi connectivity index (χ3v) is 4.16. The standard InChI is InChI=1S/C13H15N3O2S2/c1-9(17)14-10-3-5-11(6-4-10)19-13-15-12(16-20-13)7-8-18-2/h3-6H,7-8H2,1-2H3,(H,14,17). The number of amides is 1. The molecule has 20 heavy (non-hydrogen) atoms. The smallest absolute Gasteiger partial charge is 0.221 e. The molecule has 1 N–H and O–H groups in total. The molecule has 0 spiro atoms. The predicted octanol–water partition coefficient (Wildman–Crippen LogP) is 2.84. The zero-order valence-corrected chi connectivity index (χ0v) is 12.9. The van der Waals surface area contributed by atoms with Crippen molar-refractivity contribution >= 4 is 34.9 Å². The number of hydrogen-bond donors (Lipinski definition) is 1. The van der Waals surface area contributed by atoms with Crippen LogP contribution in [0.25, 0.3) is 0 Å². The van der Waals surface area contributed by atoms with Gasteiger partial charge in [0.1, 0.15) is 5.82 Å². The van der Waals surface area contributed by atoms with Crippen molar-refractivity contribution in [3.8, 4) is 0 Å². The molecule has 0 bridgehead atoms. The van der Waals surface area contributed by atoms with E-state index in [2.05, 4.69) is 14.7 Å². The highest BCUT2D eigenvalue weighted by molar-refractivity contribution is 8.01. The summed E-state index contributed by atoms with van der Waals surface area (Å²) in [6, 6.07) is 7.64. The second kappa shape index (κ2) is 7.37. The van der Waals surface area contributed by atoms with Gasteiger partial charge in [0, 0.05) is 31.0 Å². The van der Waals surface area contributed by atoms with Crippen LogP contribution in [-0.2, 0) is 16.0 Å². The number of carbonyl (C=O) groups excluding carboxylic acids is 1. The Balaban J connectivity index is 1.95. The summed E-state index contributed by atoms with van der Waals surface area (Å²) >= 11 is 2.95. The first kappa shape index (κ1) is 15.0. The second-order valence-electron chi connectivity index (χ2n) is 4.03. The molecule has 7 heteroatoms. The quantitative estimate of drug-likeness (QED) is 0.889. The van der Waals surface area contributed by atoms with Gasteiger partial charge in [0.2, 0.25) is 5.91 Å². The predicted molar refractivity (Wildman–Crippen MR) is 80.4 cm³/mol. The zero-order valence-electron chi connectivity index (χ0n) is 11.3. The molecule has 1 aromatic heterocycles. The molecule has 0 unspecified atom stereocenters. The van der Waals surface area contributed by atoms with E-state index in [0.717, 1.165) is 27.2 Å². The summed E-state index contributed by atoms with van der Waals surface area (Å²) < 4.78 is 10.2. The van der Waals surface area contributed by atoms with Gasteiger partial charge in [0.15, 0.2) is 4.34 Å². The monoisotopic (exact) mass is 309 g/mol. The lowest BCUT2D eigenvalue weighted by Crippen LogP contribution is -2.05. The van der Waals surface area contributed by atoms with Crippen LogP contribution in [0.1, 0.15) is 12.7 Å². The zero-order chi connectivity index (χ0) is 14.4. The summed E-state index contributed by atoms with van der Waals surface area (Å²) in [6.45, 7) is 2.12. The molecular formula is C13H15N3O2S2. The third kappa shape index (κ3) is 4.59. The van der Waals surface area contributed by atoms with E-state index in [1.165, 1.54) is 18.5 Å². The lowest BCUT2D eigenvalue weighted by molar-refractivity contribution is -0.114. The maximum atomic E-state index is 10.9. The van der Waals surface area contributed by atoms with Crippen LogP contribution in [0.2, 0.25) is 0 Å². The number of hydrogen-bond acceptors (Lipinski definition) is 6. The molecule has 5 nitrogen and oxygen atoms in total. The van der Waals surface area contributed by atoms with Gasteiger partial charge >= 0.3 is 0 Å². The van der Waals surface area contributed by atoms with Crippen molar-refractivity contribution in [2.75, 3.05) is 19.0 Å². The highest BCUT2D eigenvalue weighted by atomic mass is 32.2. The minimum atomic E-state index is -0.0719. The first-order valence-electron chi connectivity index (χ1n) is 6.04. The summed E-state index contributed by atoms with van der Waals surface area (Å²) in [4.78, 5) is 16.4. The van der Waals surface area contributed by atoms with Gasteiger partial charge in [-0.2, -0.15) is 4.37 Å². The number of nitrogens with zero attached hydrogens (tertiary/aromatic N) is 2. The first-order valence-corrected chi connectivity index (χ1v) is 7.63. The third-order valence-electron chi connectivity index (χ3n) is 2.36. The van der Waals surface area contributed by atoms with Crippen molar-refractivity contribution in [3.63, 3.8) is 0 Å². The lowest BCUT2D eigenvalue weighted by Gasteiger charge is -2.02. The van der Waals surface area contributed by atoms with Crippen LogP contribution in [0.5, 0.6) is 0 Å². The number of anilines is 1. The fraction of sp³-hybridized carbons (Fsp3) is 0.308. The Morgan fingerprint density at radius 2 is 2.15 bits per heavy atom. The fourth-order valence-electron chi connectivity index (χ4n) is 1.48. The number of ether oxygens (including phenoxy) is 1. The summed E-state index contributed by atoms with van der Waals surface area (Å²) in [5.41, 5.74) is 0.792. The molecule has 0 radical (unpaired) electrons. The van der Waals surface area contributed by atoms with Crippen molar-refractivity contribution in [2.24, 2.45) is 0 Å². The number of benzene rings is 1. The molecule has 2 rings (SSSR count). The Morgan fingerprint density at radius 3 is 2.80 bits per heavy atom. The minimum absolute atomic E-state index is 0.0719. The minimum Gasteiger partial charge on any atom is -0.384 e. The average molecular weight is 309 g/mol. The van der Waals surface area contributed by atoms with E-state index < -0.39 is 0 Å². The number of nitrogens with one attached hydrogen (secondary N) is 1. The van der Waals surface area contributed by atoms with Crippen LogP contribution >= 0.6 is 23.3 Å². The molecule has 0 atom stereocenters. The Bertz CT molecular complexity index is 569. The summed E-state index contributed by atoms with van der Waals surface area (Å²) in [7, 11) is 1.67. The number of methoxy groups -OCH3 is 1. The molecule has 0 saturated carbocycles. The Labute approximate surface area is 125 Å². The van der Waals surface area contributed by atoms with Crippen molar-refractivity contribution in [1.29, 1.82) is 0 Å². The Morgan fingerprint density at radius 1 is 1.40 bits per heavy atom. The average Bonchev–Trinajstić information content (AvgIpc) is 2.86. The molecular weight excluding hydrogens is 294 g/mol. The van der Waals surface area contributed by atoms with E-state index in [1.54, 1.807) is 18.9 Å². The lowest BCUT2D eigenvalue weighted by atomic mass is 10.3.